The minimum atomic E-state index is -0.374. The Labute approximate surface area is 138 Å². The monoisotopic (exact) mass is 332 g/mol. The molecule has 0 saturated heterocycles. The van der Waals surface area contributed by atoms with Gasteiger partial charge in [0.25, 0.3) is 0 Å². The summed E-state index contributed by atoms with van der Waals surface area (Å²) in [6, 6.07) is 15.0. The van der Waals surface area contributed by atoms with Gasteiger partial charge >= 0.3 is 5.97 Å². The van der Waals surface area contributed by atoms with E-state index in [1.54, 1.807) is 0 Å². The lowest BCUT2D eigenvalue weighted by atomic mass is 10.0. The van der Waals surface area contributed by atoms with Crippen LogP contribution in [0.15, 0.2) is 54.6 Å². The second-order valence-electron chi connectivity index (χ2n) is 4.92. The van der Waals surface area contributed by atoms with Gasteiger partial charge in [0.15, 0.2) is 5.78 Å². The molecule has 0 bridgehead atoms. The van der Waals surface area contributed by atoms with E-state index in [1.165, 1.54) is 43.1 Å². The van der Waals surface area contributed by atoms with Crippen LogP contribution >= 0.6 is 11.8 Å². The summed E-state index contributed by atoms with van der Waals surface area (Å²) in [5.41, 5.74) is 1.43. The van der Waals surface area contributed by atoms with Gasteiger partial charge in [-0.25, -0.2) is 4.39 Å². The Morgan fingerprint density at radius 3 is 2.35 bits per heavy atom. The number of esters is 1. The summed E-state index contributed by atoms with van der Waals surface area (Å²) in [6.45, 7) is 0. The molecule has 0 saturated carbocycles. The Morgan fingerprint density at radius 2 is 1.74 bits per heavy atom. The first-order chi connectivity index (χ1) is 11.1. The van der Waals surface area contributed by atoms with E-state index >= 15 is 0 Å². The van der Waals surface area contributed by atoms with E-state index in [2.05, 4.69) is 4.74 Å². The first-order valence-corrected chi connectivity index (χ1v) is 8.17. The lowest BCUT2D eigenvalue weighted by molar-refractivity contribution is -0.137. The van der Waals surface area contributed by atoms with Crippen molar-refractivity contribution in [1.82, 2.24) is 0 Å². The number of hydrogen-bond acceptors (Lipinski definition) is 4. The van der Waals surface area contributed by atoms with Crippen molar-refractivity contribution in [1.29, 1.82) is 0 Å². The number of rotatable bonds is 7. The SMILES string of the molecule is COC(=O)CS[C@H](CC(=O)c1ccc(F)cc1)c1ccccc1. The molecule has 0 fully saturated rings. The van der Waals surface area contributed by atoms with E-state index in [0.29, 0.717) is 5.56 Å². The Hall–Kier alpha value is -2.14. The Morgan fingerprint density at radius 1 is 1.09 bits per heavy atom. The number of ketones is 1. The van der Waals surface area contributed by atoms with Crippen molar-refractivity contribution in [2.24, 2.45) is 0 Å². The van der Waals surface area contributed by atoms with Gasteiger partial charge in [-0.05, 0) is 29.8 Å². The molecule has 0 amide bonds. The predicted octanol–water partition coefficient (Wildman–Crippen LogP) is 4.05. The summed E-state index contributed by atoms with van der Waals surface area (Å²) >= 11 is 1.36. The van der Waals surface area contributed by atoms with Crippen molar-refractivity contribution in [2.75, 3.05) is 12.9 Å². The number of carbonyl (C=O) groups is 2. The quantitative estimate of drug-likeness (QED) is 0.567. The number of halogens is 1. The highest BCUT2D eigenvalue weighted by Crippen LogP contribution is 2.33. The second-order valence-corrected chi connectivity index (χ2v) is 6.11. The third kappa shape index (κ3) is 5.21. The number of benzene rings is 2. The number of methoxy groups -OCH3 is 1. The molecule has 0 unspecified atom stereocenters. The normalized spacial score (nSPS) is 11.7. The third-order valence-corrected chi connectivity index (χ3v) is 4.58. The van der Waals surface area contributed by atoms with Gasteiger partial charge in [0.2, 0.25) is 0 Å². The van der Waals surface area contributed by atoms with Crippen LogP contribution in [0, 0.1) is 5.82 Å². The van der Waals surface area contributed by atoms with Crippen LogP contribution in [0.1, 0.15) is 27.6 Å². The molecule has 5 heteroatoms. The number of ether oxygens (including phenoxy) is 1. The average molecular weight is 332 g/mol. The van der Waals surface area contributed by atoms with Gasteiger partial charge < -0.3 is 4.74 Å². The van der Waals surface area contributed by atoms with Crippen LogP contribution in [0.5, 0.6) is 0 Å². The molecule has 3 nitrogen and oxygen atoms in total. The van der Waals surface area contributed by atoms with Crippen molar-refractivity contribution in [2.45, 2.75) is 11.7 Å². The highest BCUT2D eigenvalue weighted by molar-refractivity contribution is 8.00. The zero-order valence-corrected chi connectivity index (χ0v) is 13.5. The molecule has 0 aliphatic rings. The van der Waals surface area contributed by atoms with Crippen LogP contribution in [0.2, 0.25) is 0 Å². The summed E-state index contributed by atoms with van der Waals surface area (Å²) in [4.78, 5) is 23.8. The van der Waals surface area contributed by atoms with Crippen molar-refractivity contribution in [3.05, 3.63) is 71.5 Å². The molecule has 120 valence electrons. The van der Waals surface area contributed by atoms with Gasteiger partial charge in [-0.2, -0.15) is 0 Å². The zero-order chi connectivity index (χ0) is 16.7. The lowest BCUT2D eigenvalue weighted by Gasteiger charge is -2.16. The topological polar surface area (TPSA) is 43.4 Å². The van der Waals surface area contributed by atoms with E-state index < -0.39 is 0 Å². The van der Waals surface area contributed by atoms with Gasteiger partial charge in [-0.3, -0.25) is 9.59 Å². The van der Waals surface area contributed by atoms with Gasteiger partial charge in [-0.15, -0.1) is 11.8 Å². The van der Waals surface area contributed by atoms with E-state index in [1.807, 2.05) is 30.3 Å². The summed E-state index contributed by atoms with van der Waals surface area (Å²) < 4.78 is 17.6. The smallest absolute Gasteiger partial charge is 0.315 e. The molecular weight excluding hydrogens is 315 g/mol. The molecule has 0 spiro atoms. The minimum absolute atomic E-state index is 0.0868. The molecule has 23 heavy (non-hydrogen) atoms. The Kier molecular flexibility index (Phi) is 6.35. The van der Waals surface area contributed by atoms with Crippen LogP contribution in [-0.4, -0.2) is 24.6 Å². The molecule has 0 heterocycles. The first-order valence-electron chi connectivity index (χ1n) is 7.12. The van der Waals surface area contributed by atoms with Crippen LogP contribution in [0.4, 0.5) is 4.39 Å². The third-order valence-electron chi connectivity index (χ3n) is 3.34. The highest BCUT2D eigenvalue weighted by Gasteiger charge is 2.19. The molecule has 0 aliphatic heterocycles. The molecule has 2 aromatic carbocycles. The van der Waals surface area contributed by atoms with Gasteiger partial charge in [-0.1, -0.05) is 30.3 Å². The van der Waals surface area contributed by atoms with E-state index in [9.17, 15) is 14.0 Å². The lowest BCUT2D eigenvalue weighted by Crippen LogP contribution is -2.10. The maximum Gasteiger partial charge on any atom is 0.315 e. The van der Waals surface area contributed by atoms with Crippen LogP contribution in [0.25, 0.3) is 0 Å². The standard InChI is InChI=1S/C18H17FO3S/c1-22-18(21)12-23-17(14-5-3-2-4-6-14)11-16(20)13-7-9-15(19)10-8-13/h2-10,17H,11-12H2,1H3/t17-/m1/s1. The van der Waals surface area contributed by atoms with Crippen LogP contribution < -0.4 is 0 Å². The summed E-state index contributed by atoms with van der Waals surface area (Å²) in [5.74, 6) is -0.616. The molecule has 0 N–H and O–H groups in total. The highest BCUT2D eigenvalue weighted by atomic mass is 32.2. The molecular formula is C18H17FO3S. The number of carbonyl (C=O) groups excluding carboxylic acids is 2. The van der Waals surface area contributed by atoms with Crippen molar-refractivity contribution < 1.29 is 18.7 Å². The largest absolute Gasteiger partial charge is 0.468 e. The average Bonchev–Trinajstić information content (AvgIpc) is 2.59. The Balaban J connectivity index is 2.11. The first kappa shape index (κ1) is 17.2. The molecule has 1 atom stereocenters. The summed E-state index contributed by atoms with van der Waals surface area (Å²) in [7, 11) is 1.34. The van der Waals surface area contributed by atoms with Crippen molar-refractivity contribution in [3.63, 3.8) is 0 Å². The van der Waals surface area contributed by atoms with Crippen molar-refractivity contribution >= 4 is 23.5 Å². The molecule has 2 aromatic rings. The minimum Gasteiger partial charge on any atom is -0.468 e. The van der Waals surface area contributed by atoms with E-state index in [0.717, 1.165) is 5.56 Å². The second kappa shape index (κ2) is 8.48. The van der Waals surface area contributed by atoms with Crippen LogP contribution in [0.3, 0.4) is 0 Å². The molecule has 0 aromatic heterocycles. The number of hydrogen-bond donors (Lipinski definition) is 0. The molecule has 0 aliphatic carbocycles. The summed E-state index contributed by atoms with van der Waals surface area (Å²) in [6.07, 6.45) is 0.233. The predicted molar refractivity (Wildman–Crippen MR) is 89.0 cm³/mol. The maximum atomic E-state index is 13.0. The van der Waals surface area contributed by atoms with Gasteiger partial charge in [0.1, 0.15) is 5.82 Å². The number of thioether (sulfide) groups is 1. The fraction of sp³-hybridized carbons (Fsp3) is 0.222. The van der Waals surface area contributed by atoms with Gasteiger partial charge in [0.05, 0.1) is 12.9 Å². The number of Topliss-reactive ketones (excluding diaryl/α,β-unsaturated/α-hetero) is 1. The van der Waals surface area contributed by atoms with Crippen LogP contribution in [-0.2, 0) is 9.53 Å². The maximum absolute atomic E-state index is 13.0. The molecule has 2 rings (SSSR count). The van der Waals surface area contributed by atoms with Crippen molar-refractivity contribution in [3.8, 4) is 0 Å². The summed E-state index contributed by atoms with van der Waals surface area (Å²) in [5, 5.41) is -0.159. The Bertz CT molecular complexity index is 656. The fourth-order valence-corrected chi connectivity index (χ4v) is 3.16. The zero-order valence-electron chi connectivity index (χ0n) is 12.7. The van der Waals surface area contributed by atoms with E-state index in [-0.39, 0.29) is 35.0 Å². The fourth-order valence-electron chi connectivity index (χ4n) is 2.09. The van der Waals surface area contributed by atoms with Gasteiger partial charge in [0, 0.05) is 17.2 Å². The van der Waals surface area contributed by atoms with E-state index in [4.69, 9.17) is 0 Å². The molecule has 0 radical (unpaired) electrons.